The molecule has 1 aromatic carbocycles. The second-order valence-electron chi connectivity index (χ2n) is 5.79. The summed E-state index contributed by atoms with van der Waals surface area (Å²) in [5.41, 5.74) is 0.879. The van der Waals surface area contributed by atoms with E-state index >= 15 is 0 Å². The average molecular weight is 358 g/mol. The van der Waals surface area contributed by atoms with Crippen molar-refractivity contribution in [1.29, 1.82) is 0 Å². The summed E-state index contributed by atoms with van der Waals surface area (Å²) in [4.78, 5) is 35.9. The molecule has 3 amide bonds. The van der Waals surface area contributed by atoms with Crippen LogP contribution in [0.15, 0.2) is 22.6 Å². The minimum atomic E-state index is -0.577. The Hall–Kier alpha value is -3.43. The van der Waals surface area contributed by atoms with Crippen LogP contribution in [0.2, 0.25) is 0 Å². The molecule has 2 aromatic rings. The number of hydrogen-bond donors (Lipinski definition) is 1. The number of likely N-dealkylation sites (tertiary alicyclic amines) is 1. The van der Waals surface area contributed by atoms with Crippen molar-refractivity contribution in [2.45, 2.75) is 19.3 Å². The minimum absolute atomic E-state index is 0.0927. The molecular weight excluding hydrogens is 344 g/mol. The number of nitrogens with zero attached hydrogens (tertiary/aromatic N) is 3. The van der Waals surface area contributed by atoms with Gasteiger partial charge in [-0.1, -0.05) is 11.2 Å². The van der Waals surface area contributed by atoms with Crippen LogP contribution in [0.5, 0.6) is 11.5 Å². The lowest BCUT2D eigenvalue weighted by atomic mass is 10.1. The molecule has 1 aromatic heterocycles. The molecule has 0 unspecified atom stereocenters. The van der Waals surface area contributed by atoms with Gasteiger partial charge in [-0.15, -0.1) is 5.10 Å². The van der Waals surface area contributed by atoms with Crippen molar-refractivity contribution in [3.05, 3.63) is 29.7 Å². The van der Waals surface area contributed by atoms with E-state index in [2.05, 4.69) is 15.5 Å². The molecule has 10 nitrogen and oxygen atoms in total. The van der Waals surface area contributed by atoms with Crippen LogP contribution in [-0.4, -0.2) is 46.2 Å². The molecule has 1 saturated heterocycles. The quantitative estimate of drug-likeness (QED) is 0.765. The van der Waals surface area contributed by atoms with Gasteiger partial charge in [0.1, 0.15) is 6.54 Å². The highest BCUT2D eigenvalue weighted by Crippen LogP contribution is 2.33. The van der Waals surface area contributed by atoms with Gasteiger partial charge in [-0.25, -0.2) is 0 Å². The number of fused-ring (bicyclic) bond motifs is 1. The number of nitrogens with one attached hydrogen (secondary N) is 1. The molecule has 0 aliphatic carbocycles. The van der Waals surface area contributed by atoms with E-state index in [0.29, 0.717) is 23.8 Å². The number of aromatic nitrogens is 2. The predicted molar refractivity (Wildman–Crippen MR) is 84.3 cm³/mol. The van der Waals surface area contributed by atoms with Gasteiger partial charge in [0.05, 0.1) is 6.42 Å². The number of ether oxygens (including phenoxy) is 2. The van der Waals surface area contributed by atoms with E-state index in [0.717, 1.165) is 10.5 Å². The molecule has 10 heteroatoms. The summed E-state index contributed by atoms with van der Waals surface area (Å²) >= 11 is 0. The molecule has 0 bridgehead atoms. The molecule has 4 rings (SSSR count). The summed E-state index contributed by atoms with van der Waals surface area (Å²) in [6.07, 6.45) is 0.612. The predicted octanol–water partition coefficient (Wildman–Crippen LogP) is 0.477. The van der Waals surface area contributed by atoms with Gasteiger partial charge in [0.2, 0.25) is 30.4 Å². The Morgan fingerprint density at radius 3 is 2.69 bits per heavy atom. The van der Waals surface area contributed by atoms with Crippen LogP contribution in [0.25, 0.3) is 0 Å². The minimum Gasteiger partial charge on any atom is -0.454 e. The van der Waals surface area contributed by atoms with Crippen molar-refractivity contribution in [3.8, 4) is 11.5 Å². The monoisotopic (exact) mass is 358 g/mol. The lowest BCUT2D eigenvalue weighted by Crippen LogP contribution is -2.36. The Kier molecular flexibility index (Phi) is 3.99. The molecule has 2 aliphatic rings. The number of benzene rings is 1. The second kappa shape index (κ2) is 6.47. The molecular formula is C16H14N4O6. The van der Waals surface area contributed by atoms with Crippen LogP contribution < -0.4 is 14.8 Å². The molecule has 2 aliphatic heterocycles. The van der Waals surface area contributed by atoms with Gasteiger partial charge in [0.25, 0.3) is 0 Å². The van der Waals surface area contributed by atoms with Crippen LogP contribution >= 0.6 is 0 Å². The molecule has 0 saturated carbocycles. The maximum Gasteiger partial charge on any atom is 0.322 e. The van der Waals surface area contributed by atoms with E-state index < -0.39 is 5.91 Å². The highest BCUT2D eigenvalue weighted by atomic mass is 16.7. The SMILES string of the molecule is O=C(CN1C(=O)CCC1=O)Nc1nnc(Cc2ccc3c(c2)OCO3)o1. The zero-order valence-corrected chi connectivity index (χ0v) is 13.6. The highest BCUT2D eigenvalue weighted by Gasteiger charge is 2.30. The first kappa shape index (κ1) is 16.1. The van der Waals surface area contributed by atoms with Crippen LogP contribution in [0.3, 0.4) is 0 Å². The summed E-state index contributed by atoms with van der Waals surface area (Å²) in [7, 11) is 0. The van der Waals surface area contributed by atoms with Crippen molar-refractivity contribution in [1.82, 2.24) is 15.1 Å². The fraction of sp³-hybridized carbons (Fsp3) is 0.312. The van der Waals surface area contributed by atoms with Gasteiger partial charge in [-0.3, -0.25) is 24.6 Å². The zero-order valence-electron chi connectivity index (χ0n) is 13.6. The van der Waals surface area contributed by atoms with Crippen molar-refractivity contribution in [2.75, 3.05) is 18.7 Å². The van der Waals surface area contributed by atoms with E-state index in [1.54, 1.807) is 6.07 Å². The normalized spacial score (nSPS) is 15.6. The fourth-order valence-electron chi connectivity index (χ4n) is 2.70. The highest BCUT2D eigenvalue weighted by molar-refractivity contribution is 6.05. The Bertz CT molecular complexity index is 877. The van der Waals surface area contributed by atoms with Gasteiger partial charge in [-0.2, -0.15) is 0 Å². The molecule has 0 spiro atoms. The Balaban J connectivity index is 1.36. The van der Waals surface area contributed by atoms with E-state index in [1.807, 2.05) is 12.1 Å². The third kappa shape index (κ3) is 3.21. The number of hydrogen-bond acceptors (Lipinski definition) is 8. The Morgan fingerprint density at radius 1 is 1.12 bits per heavy atom. The summed E-state index contributed by atoms with van der Waals surface area (Å²) in [5, 5.41) is 10.0. The second-order valence-corrected chi connectivity index (χ2v) is 5.79. The van der Waals surface area contributed by atoms with Gasteiger partial charge < -0.3 is 13.9 Å². The molecule has 26 heavy (non-hydrogen) atoms. The molecule has 134 valence electrons. The summed E-state index contributed by atoms with van der Waals surface area (Å²) in [6.45, 7) is -0.172. The lowest BCUT2D eigenvalue weighted by molar-refractivity contribution is -0.141. The Morgan fingerprint density at radius 2 is 1.88 bits per heavy atom. The number of anilines is 1. The zero-order chi connectivity index (χ0) is 18.1. The van der Waals surface area contributed by atoms with E-state index in [4.69, 9.17) is 13.9 Å². The summed E-state index contributed by atoms with van der Waals surface area (Å²) in [6, 6.07) is 5.36. The van der Waals surface area contributed by atoms with E-state index in [1.165, 1.54) is 0 Å². The standard InChI is InChI=1S/C16H14N4O6/c21-12(7-20-14(22)3-4-15(20)23)17-16-19-18-13(26-16)6-9-1-2-10-11(5-9)25-8-24-10/h1-2,5H,3-4,6-8H2,(H,17,19,21). The van der Waals surface area contributed by atoms with E-state index in [9.17, 15) is 14.4 Å². The van der Waals surface area contributed by atoms with E-state index in [-0.39, 0.29) is 44.0 Å². The first-order valence-corrected chi connectivity index (χ1v) is 7.92. The van der Waals surface area contributed by atoms with Crippen molar-refractivity contribution in [3.63, 3.8) is 0 Å². The molecule has 1 N–H and O–H groups in total. The van der Waals surface area contributed by atoms with Crippen LogP contribution in [0.4, 0.5) is 6.01 Å². The van der Waals surface area contributed by atoms with Gasteiger partial charge in [0, 0.05) is 12.8 Å². The lowest BCUT2D eigenvalue weighted by Gasteiger charge is -2.11. The molecule has 0 radical (unpaired) electrons. The maximum absolute atomic E-state index is 11.9. The number of imide groups is 1. The molecule has 3 heterocycles. The third-order valence-corrected chi connectivity index (χ3v) is 3.96. The number of carbonyl (C=O) groups is 3. The number of carbonyl (C=O) groups excluding carboxylic acids is 3. The fourth-order valence-corrected chi connectivity index (χ4v) is 2.70. The van der Waals surface area contributed by atoms with Gasteiger partial charge >= 0.3 is 6.01 Å². The first-order chi connectivity index (χ1) is 12.6. The first-order valence-electron chi connectivity index (χ1n) is 7.92. The summed E-state index contributed by atoms with van der Waals surface area (Å²) < 4.78 is 15.9. The van der Waals surface area contributed by atoms with Crippen molar-refractivity contribution < 1.29 is 28.3 Å². The number of rotatable bonds is 5. The number of amides is 3. The van der Waals surface area contributed by atoms with Gasteiger partial charge in [0.15, 0.2) is 11.5 Å². The van der Waals surface area contributed by atoms with Crippen LogP contribution in [0.1, 0.15) is 24.3 Å². The maximum atomic E-state index is 11.9. The average Bonchev–Trinajstić information content (AvgIpc) is 3.32. The van der Waals surface area contributed by atoms with Crippen LogP contribution in [0, 0.1) is 0 Å². The van der Waals surface area contributed by atoms with Crippen LogP contribution in [-0.2, 0) is 20.8 Å². The smallest absolute Gasteiger partial charge is 0.322 e. The van der Waals surface area contributed by atoms with Crippen molar-refractivity contribution in [2.24, 2.45) is 0 Å². The molecule has 0 atom stereocenters. The molecule has 1 fully saturated rings. The largest absolute Gasteiger partial charge is 0.454 e. The topological polar surface area (TPSA) is 124 Å². The Labute approximate surface area is 147 Å². The van der Waals surface area contributed by atoms with Crippen molar-refractivity contribution >= 4 is 23.7 Å². The van der Waals surface area contributed by atoms with Gasteiger partial charge in [-0.05, 0) is 17.7 Å². The third-order valence-electron chi connectivity index (χ3n) is 3.96. The summed E-state index contributed by atoms with van der Waals surface area (Å²) in [5.74, 6) is 0.325.